The summed E-state index contributed by atoms with van der Waals surface area (Å²) in [5, 5.41) is 13.6. The first-order chi connectivity index (χ1) is 9.56. The van der Waals surface area contributed by atoms with Gasteiger partial charge in [-0.1, -0.05) is 0 Å². The standard InChI is InChI=1S/C14H15FN2O3/c1-10(4-6-12-3-2-8-20-12)16-14-9-11(17(18)19)5-7-13(14)15/h2-3,5,7-10,16H,4,6H2,1H3. The Kier molecular flexibility index (Phi) is 4.34. The smallest absolute Gasteiger partial charge is 0.271 e. The van der Waals surface area contributed by atoms with E-state index in [-0.39, 0.29) is 17.4 Å². The molecule has 1 atom stereocenters. The van der Waals surface area contributed by atoms with Crippen LogP contribution in [0.25, 0.3) is 0 Å². The minimum absolute atomic E-state index is 0.0309. The van der Waals surface area contributed by atoms with E-state index in [1.165, 1.54) is 6.07 Å². The molecule has 0 bridgehead atoms. The number of halogens is 1. The Hall–Kier alpha value is -2.37. The van der Waals surface area contributed by atoms with Gasteiger partial charge in [0, 0.05) is 24.6 Å². The fourth-order valence-electron chi connectivity index (χ4n) is 1.89. The number of aryl methyl sites for hydroxylation is 1. The Morgan fingerprint density at radius 1 is 1.45 bits per heavy atom. The monoisotopic (exact) mass is 278 g/mol. The lowest BCUT2D eigenvalue weighted by atomic mass is 10.1. The summed E-state index contributed by atoms with van der Waals surface area (Å²) in [4.78, 5) is 10.1. The number of nitro groups is 1. The van der Waals surface area contributed by atoms with E-state index in [2.05, 4.69) is 5.32 Å². The Morgan fingerprint density at radius 2 is 2.25 bits per heavy atom. The third kappa shape index (κ3) is 3.57. The van der Waals surface area contributed by atoms with Crippen molar-refractivity contribution < 1.29 is 13.7 Å². The molecule has 0 radical (unpaired) electrons. The highest BCUT2D eigenvalue weighted by Crippen LogP contribution is 2.22. The molecule has 1 heterocycles. The predicted octanol–water partition coefficient (Wildman–Crippen LogP) is 3.76. The van der Waals surface area contributed by atoms with Gasteiger partial charge in [-0.15, -0.1) is 0 Å². The van der Waals surface area contributed by atoms with Crippen LogP contribution in [0.3, 0.4) is 0 Å². The van der Waals surface area contributed by atoms with Crippen molar-refractivity contribution in [2.45, 2.75) is 25.8 Å². The summed E-state index contributed by atoms with van der Waals surface area (Å²) >= 11 is 0. The summed E-state index contributed by atoms with van der Waals surface area (Å²) in [6, 6.07) is 7.11. The van der Waals surface area contributed by atoms with Gasteiger partial charge in [-0.3, -0.25) is 10.1 Å². The number of hydrogen-bond donors (Lipinski definition) is 1. The van der Waals surface area contributed by atoms with Crippen molar-refractivity contribution in [1.82, 2.24) is 0 Å². The molecule has 2 aromatic rings. The second kappa shape index (κ2) is 6.18. The Balaban J connectivity index is 1.98. The van der Waals surface area contributed by atoms with Crippen molar-refractivity contribution >= 4 is 11.4 Å². The molecule has 0 saturated heterocycles. The van der Waals surface area contributed by atoms with Crippen molar-refractivity contribution in [3.63, 3.8) is 0 Å². The molecule has 20 heavy (non-hydrogen) atoms. The lowest BCUT2D eigenvalue weighted by Gasteiger charge is -2.15. The molecular formula is C14H15FN2O3. The summed E-state index contributed by atoms with van der Waals surface area (Å²) < 4.78 is 18.8. The van der Waals surface area contributed by atoms with Gasteiger partial charge >= 0.3 is 0 Å². The maximum Gasteiger partial charge on any atom is 0.271 e. The van der Waals surface area contributed by atoms with Crippen LogP contribution in [0.2, 0.25) is 0 Å². The Morgan fingerprint density at radius 3 is 2.90 bits per heavy atom. The summed E-state index contributed by atoms with van der Waals surface area (Å²) in [5.74, 6) is 0.360. The quantitative estimate of drug-likeness (QED) is 0.645. The van der Waals surface area contributed by atoms with Crippen molar-refractivity contribution in [1.29, 1.82) is 0 Å². The van der Waals surface area contributed by atoms with Gasteiger partial charge in [0.25, 0.3) is 5.69 Å². The molecule has 0 amide bonds. The number of furan rings is 1. The third-order valence-electron chi connectivity index (χ3n) is 2.97. The molecule has 106 valence electrons. The van der Waals surface area contributed by atoms with E-state index in [1.807, 2.05) is 19.1 Å². The molecule has 0 aliphatic carbocycles. The number of rotatable bonds is 6. The van der Waals surface area contributed by atoms with Gasteiger partial charge in [0.1, 0.15) is 11.6 Å². The molecule has 5 nitrogen and oxygen atoms in total. The number of nitro benzene ring substituents is 1. The minimum atomic E-state index is -0.544. The SMILES string of the molecule is CC(CCc1ccco1)Nc1cc([N+](=O)[O-])ccc1F. The van der Waals surface area contributed by atoms with Gasteiger partial charge < -0.3 is 9.73 Å². The lowest BCUT2D eigenvalue weighted by Crippen LogP contribution is -2.17. The molecular weight excluding hydrogens is 263 g/mol. The molecule has 1 aromatic heterocycles. The molecule has 1 unspecified atom stereocenters. The zero-order valence-electron chi connectivity index (χ0n) is 11.0. The molecule has 1 N–H and O–H groups in total. The summed E-state index contributed by atoms with van der Waals surface area (Å²) in [6.45, 7) is 1.89. The molecule has 0 spiro atoms. The predicted molar refractivity (Wildman–Crippen MR) is 73.2 cm³/mol. The number of benzene rings is 1. The van der Waals surface area contributed by atoms with Crippen LogP contribution < -0.4 is 5.32 Å². The normalized spacial score (nSPS) is 12.1. The van der Waals surface area contributed by atoms with Gasteiger partial charge in [-0.25, -0.2) is 4.39 Å². The molecule has 0 fully saturated rings. The second-order valence-corrected chi connectivity index (χ2v) is 4.58. The van der Waals surface area contributed by atoms with Crippen LogP contribution in [-0.2, 0) is 6.42 Å². The van der Waals surface area contributed by atoms with Gasteiger partial charge in [-0.05, 0) is 31.5 Å². The van der Waals surface area contributed by atoms with E-state index < -0.39 is 10.7 Å². The Labute approximate surface area is 115 Å². The highest BCUT2D eigenvalue weighted by molar-refractivity contribution is 5.52. The topological polar surface area (TPSA) is 68.3 Å². The van der Waals surface area contributed by atoms with Crippen LogP contribution in [0.5, 0.6) is 0 Å². The van der Waals surface area contributed by atoms with Crippen molar-refractivity contribution in [2.75, 3.05) is 5.32 Å². The fraction of sp³-hybridized carbons (Fsp3) is 0.286. The van der Waals surface area contributed by atoms with E-state index >= 15 is 0 Å². The van der Waals surface area contributed by atoms with Gasteiger partial charge in [0.15, 0.2) is 0 Å². The van der Waals surface area contributed by atoms with Crippen LogP contribution in [0, 0.1) is 15.9 Å². The highest BCUT2D eigenvalue weighted by Gasteiger charge is 2.13. The van der Waals surface area contributed by atoms with Crippen LogP contribution in [0.1, 0.15) is 19.1 Å². The van der Waals surface area contributed by atoms with Gasteiger partial charge in [0.2, 0.25) is 0 Å². The first kappa shape index (κ1) is 14.0. The van der Waals surface area contributed by atoms with Crippen LogP contribution in [0.15, 0.2) is 41.0 Å². The van der Waals surface area contributed by atoms with E-state index in [9.17, 15) is 14.5 Å². The van der Waals surface area contributed by atoms with Crippen LogP contribution in [-0.4, -0.2) is 11.0 Å². The Bertz CT molecular complexity index is 584. The molecule has 0 aliphatic rings. The van der Waals surface area contributed by atoms with Crippen molar-refractivity contribution in [3.05, 3.63) is 58.3 Å². The zero-order chi connectivity index (χ0) is 14.5. The van der Waals surface area contributed by atoms with E-state index in [0.29, 0.717) is 0 Å². The average molecular weight is 278 g/mol. The summed E-state index contributed by atoms with van der Waals surface area (Å²) in [7, 11) is 0. The lowest BCUT2D eigenvalue weighted by molar-refractivity contribution is -0.384. The van der Waals surface area contributed by atoms with Crippen molar-refractivity contribution in [3.8, 4) is 0 Å². The van der Waals surface area contributed by atoms with E-state index in [4.69, 9.17) is 4.42 Å². The maximum atomic E-state index is 13.6. The number of hydrogen-bond acceptors (Lipinski definition) is 4. The van der Waals surface area contributed by atoms with Crippen LogP contribution >= 0.6 is 0 Å². The van der Waals surface area contributed by atoms with Crippen LogP contribution in [0.4, 0.5) is 15.8 Å². The number of nitrogens with zero attached hydrogens (tertiary/aromatic N) is 1. The number of nitrogens with one attached hydrogen (secondary N) is 1. The fourth-order valence-corrected chi connectivity index (χ4v) is 1.89. The van der Waals surface area contributed by atoms with Gasteiger partial charge in [0.05, 0.1) is 16.9 Å². The average Bonchev–Trinajstić information content (AvgIpc) is 2.92. The maximum absolute atomic E-state index is 13.6. The first-order valence-corrected chi connectivity index (χ1v) is 6.29. The molecule has 2 rings (SSSR count). The van der Waals surface area contributed by atoms with Gasteiger partial charge in [-0.2, -0.15) is 0 Å². The molecule has 6 heteroatoms. The molecule has 0 saturated carbocycles. The summed E-state index contributed by atoms with van der Waals surface area (Å²) in [5.41, 5.74) is 0.0123. The van der Waals surface area contributed by atoms with E-state index in [1.54, 1.807) is 6.26 Å². The second-order valence-electron chi connectivity index (χ2n) is 4.58. The molecule has 0 aliphatic heterocycles. The first-order valence-electron chi connectivity index (χ1n) is 6.29. The van der Waals surface area contributed by atoms with E-state index in [0.717, 1.165) is 30.7 Å². The van der Waals surface area contributed by atoms with Crippen molar-refractivity contribution in [2.24, 2.45) is 0 Å². The minimum Gasteiger partial charge on any atom is -0.469 e. The highest BCUT2D eigenvalue weighted by atomic mass is 19.1. The largest absolute Gasteiger partial charge is 0.469 e. The third-order valence-corrected chi connectivity index (χ3v) is 2.97. The zero-order valence-corrected chi connectivity index (χ0v) is 11.0. The number of anilines is 1. The number of non-ortho nitro benzene ring substituents is 1. The summed E-state index contributed by atoms with van der Waals surface area (Å²) in [6.07, 6.45) is 3.06. The molecule has 1 aromatic carbocycles.